The molecule has 0 radical (unpaired) electrons. The van der Waals surface area contributed by atoms with E-state index in [4.69, 9.17) is 0 Å². The van der Waals surface area contributed by atoms with Crippen LogP contribution < -0.4 is 10.1 Å². The number of hydrogen-bond acceptors (Lipinski definition) is 2. The summed E-state index contributed by atoms with van der Waals surface area (Å²) in [7, 11) is 1.03. The maximum absolute atomic E-state index is 14.1. The molecule has 0 heterocycles. The molecule has 1 aromatic rings. The third-order valence-electron chi connectivity index (χ3n) is 5.38. The Balaban J connectivity index is 2.06. The molecule has 0 aliphatic carbocycles. The standard InChI is InChI=1S/C24H38F3NO2/c1-3-4-5-6-7-8-9-10-11-12-13-14-15-16-17-28-24(29)19-18-20(25)22(27)23(30-2)21(19)26/h18H,3-17H2,1-2H3,(H,28,29). The van der Waals surface area contributed by atoms with Crippen LogP contribution >= 0.6 is 0 Å². The Morgan fingerprint density at radius 1 is 0.800 bits per heavy atom. The number of unbranched alkanes of at least 4 members (excludes halogenated alkanes) is 13. The molecule has 1 N–H and O–H groups in total. The first-order chi connectivity index (χ1) is 14.5. The van der Waals surface area contributed by atoms with Crippen molar-refractivity contribution in [3.05, 3.63) is 29.1 Å². The highest BCUT2D eigenvalue weighted by Crippen LogP contribution is 2.26. The topological polar surface area (TPSA) is 38.3 Å². The predicted octanol–water partition coefficient (Wildman–Crippen LogP) is 7.32. The molecule has 0 saturated carbocycles. The molecule has 3 nitrogen and oxygen atoms in total. The Morgan fingerprint density at radius 2 is 1.27 bits per heavy atom. The van der Waals surface area contributed by atoms with Crippen LogP contribution in [0.5, 0.6) is 5.75 Å². The monoisotopic (exact) mass is 429 g/mol. The van der Waals surface area contributed by atoms with E-state index in [1.807, 2.05) is 0 Å². The lowest BCUT2D eigenvalue weighted by Crippen LogP contribution is -2.26. The highest BCUT2D eigenvalue weighted by atomic mass is 19.2. The van der Waals surface area contributed by atoms with Gasteiger partial charge in [-0.2, -0.15) is 4.39 Å². The first kappa shape index (κ1) is 26.3. The van der Waals surface area contributed by atoms with Crippen molar-refractivity contribution in [2.45, 2.75) is 96.8 Å². The third-order valence-corrected chi connectivity index (χ3v) is 5.38. The minimum atomic E-state index is -1.43. The number of nitrogens with one attached hydrogen (secondary N) is 1. The summed E-state index contributed by atoms with van der Waals surface area (Å²) in [6, 6.07) is 0.563. The quantitative estimate of drug-likeness (QED) is 0.208. The fourth-order valence-corrected chi connectivity index (χ4v) is 3.54. The normalized spacial score (nSPS) is 11.0. The fourth-order valence-electron chi connectivity index (χ4n) is 3.54. The van der Waals surface area contributed by atoms with Crippen LogP contribution in [0.15, 0.2) is 6.07 Å². The first-order valence-corrected chi connectivity index (χ1v) is 11.5. The Kier molecular flexibility index (Phi) is 14.1. The zero-order valence-electron chi connectivity index (χ0n) is 18.6. The molecule has 30 heavy (non-hydrogen) atoms. The number of halogens is 3. The first-order valence-electron chi connectivity index (χ1n) is 11.5. The van der Waals surface area contributed by atoms with E-state index in [0.717, 1.165) is 26.4 Å². The van der Waals surface area contributed by atoms with Crippen LogP contribution in [0.3, 0.4) is 0 Å². The van der Waals surface area contributed by atoms with Crippen LogP contribution in [0.4, 0.5) is 13.2 Å². The molecule has 0 aliphatic rings. The fraction of sp³-hybridized carbons (Fsp3) is 0.708. The average Bonchev–Trinajstić information content (AvgIpc) is 2.73. The summed E-state index contributed by atoms with van der Waals surface area (Å²) in [5.41, 5.74) is -0.545. The molecular formula is C24H38F3NO2. The van der Waals surface area contributed by atoms with Gasteiger partial charge in [-0.05, 0) is 12.5 Å². The number of hydrogen-bond donors (Lipinski definition) is 1. The summed E-state index contributed by atoms with van der Waals surface area (Å²) in [5.74, 6) is -5.57. The lowest BCUT2D eigenvalue weighted by Gasteiger charge is -2.10. The second-order valence-electron chi connectivity index (χ2n) is 7.92. The molecule has 0 aliphatic heterocycles. The molecule has 1 amide bonds. The average molecular weight is 430 g/mol. The summed E-state index contributed by atoms with van der Waals surface area (Å²) in [4.78, 5) is 12.0. The largest absolute Gasteiger partial charge is 0.491 e. The number of rotatable bonds is 17. The van der Waals surface area contributed by atoms with Crippen molar-refractivity contribution in [1.82, 2.24) is 5.32 Å². The number of amides is 1. The number of ether oxygens (including phenoxy) is 1. The van der Waals surface area contributed by atoms with Crippen molar-refractivity contribution in [2.75, 3.05) is 13.7 Å². The minimum absolute atomic E-state index is 0.373. The van der Waals surface area contributed by atoms with Crippen LogP contribution in [0, 0.1) is 17.5 Å². The van der Waals surface area contributed by atoms with E-state index in [1.54, 1.807) is 0 Å². The van der Waals surface area contributed by atoms with Crippen LogP contribution in [0.25, 0.3) is 0 Å². The minimum Gasteiger partial charge on any atom is -0.491 e. The van der Waals surface area contributed by atoms with Crippen molar-refractivity contribution in [1.29, 1.82) is 0 Å². The molecule has 0 unspecified atom stereocenters. The van der Waals surface area contributed by atoms with Crippen molar-refractivity contribution >= 4 is 5.91 Å². The SMILES string of the molecule is CCCCCCCCCCCCCCCCNC(=O)c1cc(F)c(F)c(OC)c1F. The predicted molar refractivity (Wildman–Crippen MR) is 116 cm³/mol. The molecule has 0 bridgehead atoms. The second-order valence-corrected chi connectivity index (χ2v) is 7.92. The van der Waals surface area contributed by atoms with Gasteiger partial charge in [-0.15, -0.1) is 0 Å². The van der Waals surface area contributed by atoms with Gasteiger partial charge in [0.25, 0.3) is 5.91 Å². The van der Waals surface area contributed by atoms with Crippen LogP contribution in [0.1, 0.15) is 107 Å². The van der Waals surface area contributed by atoms with Gasteiger partial charge in [0, 0.05) is 6.54 Å². The number of methoxy groups -OCH3 is 1. The van der Waals surface area contributed by atoms with Gasteiger partial charge >= 0.3 is 0 Å². The van der Waals surface area contributed by atoms with E-state index in [1.165, 1.54) is 70.6 Å². The van der Waals surface area contributed by atoms with E-state index in [9.17, 15) is 18.0 Å². The summed E-state index contributed by atoms with van der Waals surface area (Å²) in [5, 5.41) is 2.56. The molecule has 6 heteroatoms. The Bertz CT molecular complexity index is 623. The molecule has 172 valence electrons. The summed E-state index contributed by atoms with van der Waals surface area (Å²) in [6.45, 7) is 2.61. The lowest BCUT2D eigenvalue weighted by molar-refractivity contribution is 0.0947. The highest BCUT2D eigenvalue weighted by Gasteiger charge is 2.23. The smallest absolute Gasteiger partial charge is 0.254 e. The molecule has 0 saturated heterocycles. The number of carbonyl (C=O) groups is 1. The van der Waals surface area contributed by atoms with Crippen molar-refractivity contribution in [3.8, 4) is 5.75 Å². The maximum Gasteiger partial charge on any atom is 0.254 e. The molecule has 0 atom stereocenters. The summed E-state index contributed by atoms with van der Waals surface area (Å²) in [6.07, 6.45) is 17.3. The van der Waals surface area contributed by atoms with Crippen LogP contribution in [-0.2, 0) is 0 Å². The molecule has 1 rings (SSSR count). The zero-order valence-corrected chi connectivity index (χ0v) is 18.6. The van der Waals surface area contributed by atoms with Gasteiger partial charge in [0.2, 0.25) is 5.82 Å². The molecule has 0 fully saturated rings. The van der Waals surface area contributed by atoms with E-state index >= 15 is 0 Å². The second kappa shape index (κ2) is 16.0. The van der Waals surface area contributed by atoms with Gasteiger partial charge in [-0.3, -0.25) is 4.79 Å². The Morgan fingerprint density at radius 3 is 1.73 bits per heavy atom. The van der Waals surface area contributed by atoms with E-state index in [0.29, 0.717) is 12.6 Å². The molecule has 0 aromatic heterocycles. The molecular weight excluding hydrogens is 391 g/mol. The number of carbonyl (C=O) groups excluding carboxylic acids is 1. The van der Waals surface area contributed by atoms with Crippen molar-refractivity contribution in [2.24, 2.45) is 0 Å². The van der Waals surface area contributed by atoms with Crippen molar-refractivity contribution in [3.63, 3.8) is 0 Å². The van der Waals surface area contributed by atoms with Crippen LogP contribution in [0.2, 0.25) is 0 Å². The summed E-state index contributed by atoms with van der Waals surface area (Å²) >= 11 is 0. The van der Waals surface area contributed by atoms with Crippen LogP contribution in [-0.4, -0.2) is 19.6 Å². The lowest BCUT2D eigenvalue weighted by atomic mass is 10.0. The van der Waals surface area contributed by atoms with Gasteiger partial charge < -0.3 is 10.1 Å². The van der Waals surface area contributed by atoms with E-state index in [2.05, 4.69) is 17.0 Å². The summed E-state index contributed by atoms with van der Waals surface area (Å²) < 4.78 is 45.5. The number of benzene rings is 1. The highest BCUT2D eigenvalue weighted by molar-refractivity contribution is 5.95. The van der Waals surface area contributed by atoms with Gasteiger partial charge in [0.05, 0.1) is 12.7 Å². The van der Waals surface area contributed by atoms with Gasteiger partial charge in [-0.25, -0.2) is 8.78 Å². The van der Waals surface area contributed by atoms with Crippen molar-refractivity contribution < 1.29 is 22.7 Å². The molecule has 0 spiro atoms. The maximum atomic E-state index is 14.1. The Hall–Kier alpha value is -1.72. The van der Waals surface area contributed by atoms with Gasteiger partial charge in [0.15, 0.2) is 17.4 Å². The zero-order chi connectivity index (χ0) is 22.2. The Labute approximate surface area is 179 Å². The van der Waals surface area contributed by atoms with Gasteiger partial charge in [0.1, 0.15) is 0 Å². The van der Waals surface area contributed by atoms with E-state index < -0.39 is 34.7 Å². The molecule has 1 aromatic carbocycles. The van der Waals surface area contributed by atoms with Gasteiger partial charge in [-0.1, -0.05) is 90.4 Å². The van der Waals surface area contributed by atoms with E-state index in [-0.39, 0.29) is 0 Å². The third kappa shape index (κ3) is 9.86.